The summed E-state index contributed by atoms with van der Waals surface area (Å²) in [4.78, 5) is 25.5. The summed E-state index contributed by atoms with van der Waals surface area (Å²) in [5.74, 6) is 0.0817. The van der Waals surface area contributed by atoms with E-state index in [4.69, 9.17) is 4.42 Å². The normalized spacial score (nSPS) is 15.0. The second-order valence-electron chi connectivity index (χ2n) is 6.42. The summed E-state index contributed by atoms with van der Waals surface area (Å²) in [5, 5.41) is 0. The highest BCUT2D eigenvalue weighted by atomic mass is 16.4. The Balaban J connectivity index is 1.46. The Morgan fingerprint density at radius 2 is 1.84 bits per heavy atom. The maximum Gasteiger partial charge on any atom is 0.300 e. The van der Waals surface area contributed by atoms with Crippen molar-refractivity contribution in [3.05, 3.63) is 53.2 Å². The molecule has 1 saturated heterocycles. The smallest absolute Gasteiger partial charge is 0.300 e. The van der Waals surface area contributed by atoms with Gasteiger partial charge >= 0.3 is 0 Å². The van der Waals surface area contributed by atoms with E-state index in [-0.39, 0.29) is 5.91 Å². The van der Waals surface area contributed by atoms with Crippen LogP contribution in [-0.2, 0) is 0 Å². The molecule has 3 heterocycles. The quantitative estimate of drug-likeness (QED) is 0.720. The number of aryl methyl sites for hydroxylation is 2. The molecule has 4 rings (SSSR count). The molecular formula is C19H20N4O2. The van der Waals surface area contributed by atoms with E-state index in [9.17, 15) is 4.79 Å². The van der Waals surface area contributed by atoms with Crippen LogP contribution in [0.25, 0.3) is 11.2 Å². The van der Waals surface area contributed by atoms with Crippen molar-refractivity contribution in [2.45, 2.75) is 13.8 Å². The fourth-order valence-electron chi connectivity index (χ4n) is 3.10. The fourth-order valence-corrected chi connectivity index (χ4v) is 3.10. The summed E-state index contributed by atoms with van der Waals surface area (Å²) >= 11 is 0. The number of carbonyl (C=O) groups excluding carboxylic acids is 1. The molecule has 0 N–H and O–H groups in total. The maximum absolute atomic E-state index is 12.6. The van der Waals surface area contributed by atoms with Gasteiger partial charge in [0.15, 0.2) is 5.58 Å². The average Bonchev–Trinajstić information content (AvgIpc) is 3.04. The SMILES string of the molecule is Cc1cccc(C(=O)N2CCN(c3nc4nc(C)ccc4o3)CC2)c1. The second-order valence-corrected chi connectivity index (χ2v) is 6.42. The molecule has 1 fully saturated rings. The van der Waals surface area contributed by atoms with Gasteiger partial charge < -0.3 is 14.2 Å². The molecule has 6 nitrogen and oxygen atoms in total. The first-order valence-electron chi connectivity index (χ1n) is 8.45. The van der Waals surface area contributed by atoms with Gasteiger partial charge in [-0.25, -0.2) is 4.98 Å². The van der Waals surface area contributed by atoms with E-state index >= 15 is 0 Å². The van der Waals surface area contributed by atoms with Crippen molar-refractivity contribution < 1.29 is 9.21 Å². The maximum atomic E-state index is 12.6. The summed E-state index contributed by atoms with van der Waals surface area (Å²) < 4.78 is 5.81. The van der Waals surface area contributed by atoms with Crippen molar-refractivity contribution >= 4 is 23.2 Å². The van der Waals surface area contributed by atoms with Crippen LogP contribution in [0.15, 0.2) is 40.8 Å². The van der Waals surface area contributed by atoms with Crippen molar-refractivity contribution in [1.29, 1.82) is 0 Å². The lowest BCUT2D eigenvalue weighted by Crippen LogP contribution is -2.48. The highest BCUT2D eigenvalue weighted by Crippen LogP contribution is 2.22. The van der Waals surface area contributed by atoms with Gasteiger partial charge in [0.25, 0.3) is 11.9 Å². The number of benzene rings is 1. The predicted octanol–water partition coefficient (Wildman–Crippen LogP) is 2.80. The van der Waals surface area contributed by atoms with Gasteiger partial charge in [-0.1, -0.05) is 17.7 Å². The lowest BCUT2D eigenvalue weighted by Gasteiger charge is -2.33. The monoisotopic (exact) mass is 336 g/mol. The number of piperazine rings is 1. The van der Waals surface area contributed by atoms with Crippen LogP contribution in [-0.4, -0.2) is 47.0 Å². The van der Waals surface area contributed by atoms with Crippen LogP contribution in [0.5, 0.6) is 0 Å². The molecule has 1 amide bonds. The van der Waals surface area contributed by atoms with Crippen LogP contribution < -0.4 is 4.90 Å². The molecule has 1 aromatic carbocycles. The van der Waals surface area contributed by atoms with Crippen LogP contribution in [0.1, 0.15) is 21.6 Å². The molecule has 128 valence electrons. The number of anilines is 1. The van der Waals surface area contributed by atoms with Crippen LogP contribution in [0.4, 0.5) is 6.01 Å². The highest BCUT2D eigenvalue weighted by Gasteiger charge is 2.25. The Bertz CT molecular complexity index is 926. The second kappa shape index (κ2) is 6.20. The first kappa shape index (κ1) is 15.6. The molecule has 0 atom stereocenters. The van der Waals surface area contributed by atoms with Gasteiger partial charge in [0.2, 0.25) is 5.65 Å². The molecule has 1 aliphatic heterocycles. The number of hydrogen-bond donors (Lipinski definition) is 0. The minimum Gasteiger partial charge on any atom is -0.422 e. The van der Waals surface area contributed by atoms with Gasteiger partial charge in [-0.3, -0.25) is 4.79 Å². The first-order chi connectivity index (χ1) is 12.1. The van der Waals surface area contributed by atoms with Crippen molar-refractivity contribution in [2.24, 2.45) is 0 Å². The van der Waals surface area contributed by atoms with Crippen LogP contribution in [0.3, 0.4) is 0 Å². The molecular weight excluding hydrogens is 316 g/mol. The Kier molecular flexibility index (Phi) is 3.87. The van der Waals surface area contributed by atoms with Crippen LogP contribution in [0, 0.1) is 13.8 Å². The Hall–Kier alpha value is -2.89. The van der Waals surface area contributed by atoms with Crippen molar-refractivity contribution in [3.63, 3.8) is 0 Å². The Labute approximate surface area is 146 Å². The molecule has 25 heavy (non-hydrogen) atoms. The average molecular weight is 336 g/mol. The lowest BCUT2D eigenvalue weighted by atomic mass is 10.1. The number of aromatic nitrogens is 2. The van der Waals surface area contributed by atoms with Gasteiger partial charge in [0, 0.05) is 37.4 Å². The molecule has 1 aliphatic rings. The zero-order valence-electron chi connectivity index (χ0n) is 14.4. The zero-order valence-corrected chi connectivity index (χ0v) is 14.4. The van der Waals surface area contributed by atoms with Crippen LogP contribution >= 0.6 is 0 Å². The molecule has 2 aromatic heterocycles. The predicted molar refractivity (Wildman–Crippen MR) is 95.8 cm³/mol. The first-order valence-corrected chi connectivity index (χ1v) is 8.45. The minimum absolute atomic E-state index is 0.0817. The van der Waals surface area contributed by atoms with E-state index in [1.165, 1.54) is 0 Å². The van der Waals surface area contributed by atoms with Crippen molar-refractivity contribution in [1.82, 2.24) is 14.9 Å². The number of nitrogens with zero attached hydrogens (tertiary/aromatic N) is 4. The third-order valence-corrected chi connectivity index (χ3v) is 4.48. The Morgan fingerprint density at radius 1 is 1.04 bits per heavy atom. The van der Waals surface area contributed by atoms with Crippen LogP contribution in [0.2, 0.25) is 0 Å². The van der Waals surface area contributed by atoms with E-state index < -0.39 is 0 Å². The number of hydrogen-bond acceptors (Lipinski definition) is 5. The number of carbonyl (C=O) groups is 1. The number of amides is 1. The van der Waals surface area contributed by atoms with Gasteiger partial charge in [-0.2, -0.15) is 4.98 Å². The summed E-state index contributed by atoms with van der Waals surface area (Å²) in [5.41, 5.74) is 4.08. The largest absolute Gasteiger partial charge is 0.422 e. The molecule has 3 aromatic rings. The molecule has 0 aliphatic carbocycles. The number of oxazole rings is 1. The van der Waals surface area contributed by atoms with Crippen molar-refractivity contribution in [2.75, 3.05) is 31.1 Å². The molecule has 0 bridgehead atoms. The minimum atomic E-state index is 0.0817. The molecule has 0 saturated carbocycles. The number of rotatable bonds is 2. The van der Waals surface area contributed by atoms with E-state index in [0.717, 1.165) is 16.8 Å². The summed E-state index contributed by atoms with van der Waals surface area (Å²) in [6, 6.07) is 12.1. The molecule has 6 heteroatoms. The summed E-state index contributed by atoms with van der Waals surface area (Å²) in [6.45, 7) is 6.63. The molecule has 0 unspecified atom stereocenters. The zero-order chi connectivity index (χ0) is 17.4. The number of fused-ring (bicyclic) bond motifs is 1. The molecule has 0 radical (unpaired) electrons. The van der Waals surface area contributed by atoms with Crippen molar-refractivity contribution in [3.8, 4) is 0 Å². The van der Waals surface area contributed by atoms with E-state index in [1.807, 2.05) is 55.1 Å². The van der Waals surface area contributed by atoms with E-state index in [2.05, 4.69) is 14.9 Å². The van der Waals surface area contributed by atoms with Gasteiger partial charge in [0.05, 0.1) is 0 Å². The third kappa shape index (κ3) is 3.07. The van der Waals surface area contributed by atoms with Gasteiger partial charge in [0.1, 0.15) is 0 Å². The topological polar surface area (TPSA) is 62.5 Å². The molecule has 0 spiro atoms. The highest BCUT2D eigenvalue weighted by molar-refractivity contribution is 5.94. The summed E-state index contributed by atoms with van der Waals surface area (Å²) in [7, 11) is 0. The standard InChI is InChI=1S/C19H20N4O2/c1-13-4-3-5-15(12-13)18(24)22-8-10-23(11-9-22)19-21-17-16(25-19)7-6-14(2)20-17/h3-7,12H,8-11H2,1-2H3. The fraction of sp³-hybridized carbons (Fsp3) is 0.316. The van der Waals surface area contributed by atoms with E-state index in [1.54, 1.807) is 0 Å². The van der Waals surface area contributed by atoms with Gasteiger partial charge in [-0.15, -0.1) is 0 Å². The Morgan fingerprint density at radius 3 is 2.60 bits per heavy atom. The summed E-state index contributed by atoms with van der Waals surface area (Å²) in [6.07, 6.45) is 0. The van der Waals surface area contributed by atoms with Gasteiger partial charge in [-0.05, 0) is 38.1 Å². The third-order valence-electron chi connectivity index (χ3n) is 4.48. The number of pyridine rings is 1. The van der Waals surface area contributed by atoms with E-state index in [0.29, 0.717) is 43.4 Å². The lowest BCUT2D eigenvalue weighted by molar-refractivity contribution is 0.0745.